The van der Waals surface area contributed by atoms with Crippen molar-refractivity contribution in [1.82, 2.24) is 5.48 Å². The summed E-state index contributed by atoms with van der Waals surface area (Å²) in [5.74, 6) is 0. The Morgan fingerprint density at radius 2 is 2.27 bits per heavy atom. The van der Waals surface area contributed by atoms with E-state index >= 15 is 0 Å². The average Bonchev–Trinajstić information content (AvgIpc) is 2.28. The highest BCUT2D eigenvalue weighted by atomic mass is 16.6. The van der Waals surface area contributed by atoms with E-state index in [1.165, 1.54) is 12.7 Å². The summed E-state index contributed by atoms with van der Waals surface area (Å²) < 4.78 is 0. The summed E-state index contributed by atoms with van der Waals surface area (Å²) in [5, 5.41) is 0. The number of hydrogen-bond acceptors (Lipinski definition) is 2. The van der Waals surface area contributed by atoms with Crippen molar-refractivity contribution in [3.8, 4) is 0 Å². The van der Waals surface area contributed by atoms with Crippen LogP contribution in [0.4, 0.5) is 10.5 Å². The summed E-state index contributed by atoms with van der Waals surface area (Å²) in [7, 11) is 1.44. The highest BCUT2D eigenvalue weighted by molar-refractivity contribution is 5.92. The molecule has 0 saturated heterocycles. The fourth-order valence-electron chi connectivity index (χ4n) is 1.89. The zero-order chi connectivity index (χ0) is 10.7. The molecule has 0 saturated carbocycles. The average molecular weight is 206 g/mol. The number of nitrogens with zero attached hydrogens (tertiary/aromatic N) is 1. The van der Waals surface area contributed by atoms with Gasteiger partial charge in [0.05, 0.1) is 7.11 Å². The lowest BCUT2D eigenvalue weighted by Gasteiger charge is -2.28. The van der Waals surface area contributed by atoms with Crippen molar-refractivity contribution in [2.45, 2.75) is 12.8 Å². The van der Waals surface area contributed by atoms with E-state index in [1.807, 2.05) is 18.2 Å². The van der Waals surface area contributed by atoms with E-state index < -0.39 is 0 Å². The van der Waals surface area contributed by atoms with Crippen molar-refractivity contribution in [1.29, 1.82) is 0 Å². The van der Waals surface area contributed by atoms with Gasteiger partial charge in [0.15, 0.2) is 0 Å². The molecule has 0 fully saturated rings. The smallest absolute Gasteiger partial charge is 0.292 e. The first kappa shape index (κ1) is 9.98. The van der Waals surface area contributed by atoms with Crippen LogP contribution >= 0.6 is 0 Å². The van der Waals surface area contributed by atoms with Crippen LogP contribution in [0.1, 0.15) is 12.0 Å². The van der Waals surface area contributed by atoms with E-state index in [2.05, 4.69) is 16.4 Å². The van der Waals surface area contributed by atoms with Gasteiger partial charge in [-0.25, -0.2) is 10.3 Å². The van der Waals surface area contributed by atoms with Gasteiger partial charge >= 0.3 is 6.03 Å². The van der Waals surface area contributed by atoms with Crippen molar-refractivity contribution in [3.63, 3.8) is 0 Å². The van der Waals surface area contributed by atoms with Gasteiger partial charge in [0, 0.05) is 12.2 Å². The molecular weight excluding hydrogens is 192 g/mol. The van der Waals surface area contributed by atoms with Gasteiger partial charge in [-0.3, -0.25) is 9.74 Å². The van der Waals surface area contributed by atoms with Crippen molar-refractivity contribution in [2.24, 2.45) is 0 Å². The second-order valence-electron chi connectivity index (χ2n) is 3.50. The lowest BCUT2D eigenvalue weighted by Crippen LogP contribution is -2.42. The molecule has 1 aromatic carbocycles. The lowest BCUT2D eigenvalue weighted by molar-refractivity contribution is 0.111. The number of benzene rings is 1. The molecule has 0 aromatic heterocycles. The second-order valence-corrected chi connectivity index (χ2v) is 3.50. The Balaban J connectivity index is 2.25. The number of carbonyl (C=O) groups excluding carboxylic acids is 1. The van der Waals surface area contributed by atoms with Gasteiger partial charge in [0.1, 0.15) is 0 Å². The quantitative estimate of drug-likeness (QED) is 0.711. The Hall–Kier alpha value is -1.55. The molecule has 2 rings (SSSR count). The first-order chi connectivity index (χ1) is 7.33. The summed E-state index contributed by atoms with van der Waals surface area (Å²) in [6.45, 7) is 0.742. The minimum Gasteiger partial charge on any atom is -0.292 e. The van der Waals surface area contributed by atoms with Crippen molar-refractivity contribution < 1.29 is 9.63 Å². The van der Waals surface area contributed by atoms with E-state index in [1.54, 1.807) is 4.90 Å². The topological polar surface area (TPSA) is 41.6 Å². The van der Waals surface area contributed by atoms with Crippen LogP contribution in [0.2, 0.25) is 0 Å². The van der Waals surface area contributed by atoms with E-state index in [0.29, 0.717) is 0 Å². The van der Waals surface area contributed by atoms with Crippen molar-refractivity contribution in [2.75, 3.05) is 18.6 Å². The van der Waals surface area contributed by atoms with Crippen LogP contribution in [-0.4, -0.2) is 19.7 Å². The Kier molecular flexibility index (Phi) is 2.87. The zero-order valence-corrected chi connectivity index (χ0v) is 8.69. The van der Waals surface area contributed by atoms with Gasteiger partial charge in [0.2, 0.25) is 0 Å². The largest absolute Gasteiger partial charge is 0.345 e. The maximum Gasteiger partial charge on any atom is 0.345 e. The highest BCUT2D eigenvalue weighted by Crippen LogP contribution is 2.26. The number of fused-ring (bicyclic) bond motifs is 1. The molecule has 0 unspecified atom stereocenters. The summed E-state index contributed by atoms with van der Waals surface area (Å²) in [5.41, 5.74) is 4.55. The van der Waals surface area contributed by atoms with Gasteiger partial charge in [-0.2, -0.15) is 0 Å². The molecule has 0 atom stereocenters. The van der Waals surface area contributed by atoms with Crippen LogP contribution in [0.5, 0.6) is 0 Å². The number of para-hydroxylation sites is 1. The van der Waals surface area contributed by atoms with Crippen LogP contribution in [0.25, 0.3) is 0 Å². The lowest BCUT2D eigenvalue weighted by atomic mass is 10.0. The third-order valence-corrected chi connectivity index (χ3v) is 2.54. The van der Waals surface area contributed by atoms with Crippen molar-refractivity contribution in [3.05, 3.63) is 29.8 Å². The predicted octanol–water partition coefficient (Wildman–Crippen LogP) is 1.71. The highest BCUT2D eigenvalue weighted by Gasteiger charge is 2.21. The van der Waals surface area contributed by atoms with Crippen LogP contribution < -0.4 is 10.4 Å². The summed E-state index contributed by atoms with van der Waals surface area (Å²) in [6, 6.07) is 7.75. The molecule has 0 radical (unpaired) electrons. The molecule has 1 aliphatic rings. The molecule has 80 valence electrons. The Morgan fingerprint density at radius 3 is 3.07 bits per heavy atom. The van der Waals surface area contributed by atoms with Gasteiger partial charge in [-0.05, 0) is 24.5 Å². The molecular formula is C11H14N2O2. The van der Waals surface area contributed by atoms with Gasteiger partial charge in [0.25, 0.3) is 0 Å². The normalized spacial score (nSPS) is 14.6. The van der Waals surface area contributed by atoms with E-state index in [4.69, 9.17) is 0 Å². The SMILES string of the molecule is CONC(=O)N1CCCc2ccccc21. The van der Waals surface area contributed by atoms with E-state index in [9.17, 15) is 4.79 Å². The number of nitrogens with one attached hydrogen (secondary N) is 1. The number of rotatable bonds is 1. The van der Waals surface area contributed by atoms with Crippen LogP contribution in [0, 0.1) is 0 Å². The number of amides is 2. The number of hydroxylamine groups is 1. The fourth-order valence-corrected chi connectivity index (χ4v) is 1.89. The predicted molar refractivity (Wildman–Crippen MR) is 57.6 cm³/mol. The minimum atomic E-state index is -0.204. The zero-order valence-electron chi connectivity index (χ0n) is 8.69. The molecule has 4 heteroatoms. The summed E-state index contributed by atoms with van der Waals surface area (Å²) >= 11 is 0. The monoisotopic (exact) mass is 206 g/mol. The molecule has 4 nitrogen and oxygen atoms in total. The Bertz CT molecular complexity index is 365. The maximum atomic E-state index is 11.7. The molecule has 0 spiro atoms. The van der Waals surface area contributed by atoms with Crippen LogP contribution in [0.15, 0.2) is 24.3 Å². The number of carbonyl (C=O) groups is 1. The van der Waals surface area contributed by atoms with Crippen LogP contribution in [-0.2, 0) is 11.3 Å². The van der Waals surface area contributed by atoms with E-state index in [-0.39, 0.29) is 6.03 Å². The molecule has 1 heterocycles. The number of anilines is 1. The second kappa shape index (κ2) is 4.31. The minimum absolute atomic E-state index is 0.204. The first-order valence-electron chi connectivity index (χ1n) is 5.01. The first-order valence-corrected chi connectivity index (χ1v) is 5.01. The Labute approximate surface area is 88.8 Å². The van der Waals surface area contributed by atoms with Gasteiger partial charge in [-0.1, -0.05) is 18.2 Å². The number of urea groups is 1. The van der Waals surface area contributed by atoms with Crippen molar-refractivity contribution >= 4 is 11.7 Å². The number of hydrogen-bond donors (Lipinski definition) is 1. The summed E-state index contributed by atoms with van der Waals surface area (Å²) in [4.78, 5) is 18.0. The summed E-state index contributed by atoms with van der Waals surface area (Å²) in [6.07, 6.45) is 2.03. The van der Waals surface area contributed by atoms with Gasteiger partial charge in [-0.15, -0.1) is 0 Å². The molecule has 1 aliphatic heterocycles. The molecule has 2 amide bonds. The third-order valence-electron chi connectivity index (χ3n) is 2.54. The van der Waals surface area contributed by atoms with E-state index in [0.717, 1.165) is 25.1 Å². The van der Waals surface area contributed by atoms with Crippen LogP contribution in [0.3, 0.4) is 0 Å². The number of aryl methyl sites for hydroxylation is 1. The van der Waals surface area contributed by atoms with Gasteiger partial charge < -0.3 is 0 Å². The third kappa shape index (κ3) is 1.94. The molecule has 15 heavy (non-hydrogen) atoms. The molecule has 0 aliphatic carbocycles. The standard InChI is InChI=1S/C11H14N2O2/c1-15-12-11(14)13-8-4-6-9-5-2-3-7-10(9)13/h2-3,5,7H,4,6,8H2,1H3,(H,12,14). The Morgan fingerprint density at radius 1 is 1.47 bits per heavy atom. The molecule has 0 bridgehead atoms. The molecule has 1 aromatic rings. The molecule has 1 N–H and O–H groups in total. The fraction of sp³-hybridized carbons (Fsp3) is 0.364. The maximum absolute atomic E-state index is 11.7.